The Hall–Kier alpha value is -0.260. The summed E-state index contributed by atoms with van der Waals surface area (Å²) in [5.74, 6) is 5.89. The lowest BCUT2D eigenvalue weighted by Crippen LogP contribution is -2.20. The highest BCUT2D eigenvalue weighted by atomic mass is 14.9. The number of hydrogen-bond donors (Lipinski definition) is 0. The van der Waals surface area contributed by atoms with E-state index in [9.17, 15) is 0 Å². The maximum Gasteiger partial charge on any atom is -0.00199 e. The Bertz CT molecular complexity index is 327. The molecular formula is C12H14. The molecule has 0 saturated heterocycles. The minimum atomic E-state index is 0.847. The second-order valence-electron chi connectivity index (χ2n) is 5.77. The molecule has 1 spiro atoms. The van der Waals surface area contributed by atoms with Gasteiger partial charge in [0, 0.05) is 0 Å². The maximum absolute atomic E-state index is 2.71. The second kappa shape index (κ2) is 1.23. The predicted octanol–water partition coefficient (Wildman–Crippen LogP) is 2.61. The van der Waals surface area contributed by atoms with Crippen molar-refractivity contribution in [3.05, 3.63) is 11.6 Å². The highest BCUT2D eigenvalue weighted by molar-refractivity contribution is 5.45. The molecule has 0 aromatic carbocycles. The highest BCUT2D eigenvalue weighted by Crippen LogP contribution is 2.88. The van der Waals surface area contributed by atoms with E-state index in [4.69, 9.17) is 0 Å². The van der Waals surface area contributed by atoms with Crippen molar-refractivity contribution in [2.24, 2.45) is 35.0 Å². The second-order valence-corrected chi connectivity index (χ2v) is 5.77. The van der Waals surface area contributed by atoms with E-state index in [2.05, 4.69) is 6.08 Å². The van der Waals surface area contributed by atoms with Gasteiger partial charge >= 0.3 is 0 Å². The van der Waals surface area contributed by atoms with Crippen LogP contribution in [0.5, 0.6) is 0 Å². The van der Waals surface area contributed by atoms with Crippen molar-refractivity contribution in [1.29, 1.82) is 0 Å². The molecule has 0 aromatic rings. The van der Waals surface area contributed by atoms with Gasteiger partial charge in [-0.1, -0.05) is 11.6 Å². The van der Waals surface area contributed by atoms with Crippen molar-refractivity contribution >= 4 is 0 Å². The predicted molar refractivity (Wildman–Crippen MR) is 46.4 cm³/mol. The van der Waals surface area contributed by atoms with Crippen LogP contribution in [-0.4, -0.2) is 0 Å². The van der Waals surface area contributed by atoms with Gasteiger partial charge in [0.2, 0.25) is 0 Å². The van der Waals surface area contributed by atoms with Crippen LogP contribution in [0.15, 0.2) is 11.6 Å². The van der Waals surface area contributed by atoms with E-state index in [0.717, 1.165) is 17.3 Å². The molecule has 6 aliphatic carbocycles. The summed E-state index contributed by atoms with van der Waals surface area (Å²) in [4.78, 5) is 0. The average molecular weight is 158 g/mol. The van der Waals surface area contributed by atoms with Gasteiger partial charge in [0.05, 0.1) is 0 Å². The molecule has 6 rings (SSSR count). The third kappa shape index (κ3) is 0.289. The Kier molecular flexibility index (Phi) is 0.562. The van der Waals surface area contributed by atoms with Crippen LogP contribution in [0.4, 0.5) is 0 Å². The number of hydrogen-bond acceptors (Lipinski definition) is 0. The molecule has 12 heavy (non-hydrogen) atoms. The van der Waals surface area contributed by atoms with Crippen LogP contribution < -0.4 is 0 Å². The quantitative estimate of drug-likeness (QED) is 0.475. The normalized spacial score (nSPS) is 73.3. The van der Waals surface area contributed by atoms with Crippen LogP contribution >= 0.6 is 0 Å². The van der Waals surface area contributed by atoms with Crippen LogP contribution in [-0.2, 0) is 0 Å². The topological polar surface area (TPSA) is 0 Å². The van der Waals surface area contributed by atoms with Gasteiger partial charge in [-0.05, 0) is 60.7 Å². The van der Waals surface area contributed by atoms with Gasteiger partial charge in [0.15, 0.2) is 0 Å². The first kappa shape index (κ1) is 5.47. The largest absolute Gasteiger partial charge is 0.0810 e. The summed E-state index contributed by atoms with van der Waals surface area (Å²) < 4.78 is 0. The zero-order valence-electron chi connectivity index (χ0n) is 7.29. The Morgan fingerprint density at radius 3 is 3.25 bits per heavy atom. The highest BCUT2D eigenvalue weighted by Gasteiger charge is 2.82. The first-order valence-electron chi connectivity index (χ1n) is 5.64. The van der Waals surface area contributed by atoms with Gasteiger partial charge in [-0.3, -0.25) is 0 Å². The minimum absolute atomic E-state index is 0.847. The fourth-order valence-electron chi connectivity index (χ4n) is 5.94. The molecule has 5 fully saturated rings. The Labute approximate surface area is 73.0 Å². The lowest BCUT2D eigenvalue weighted by atomic mass is 9.77. The third-order valence-electron chi connectivity index (χ3n) is 5.95. The molecule has 0 amide bonds. The summed E-state index contributed by atoms with van der Waals surface area (Å²) in [7, 11) is 0. The maximum atomic E-state index is 2.71. The molecule has 62 valence electrons. The van der Waals surface area contributed by atoms with Gasteiger partial charge in [-0.2, -0.15) is 0 Å². The average Bonchev–Trinajstić information content (AvgIpc) is 2.48. The third-order valence-corrected chi connectivity index (χ3v) is 5.95. The van der Waals surface area contributed by atoms with E-state index in [1.807, 2.05) is 5.57 Å². The van der Waals surface area contributed by atoms with Crippen LogP contribution in [0.2, 0.25) is 0 Å². The van der Waals surface area contributed by atoms with Crippen molar-refractivity contribution in [2.75, 3.05) is 0 Å². The van der Waals surface area contributed by atoms with E-state index < -0.39 is 0 Å². The molecular weight excluding hydrogens is 144 g/mol. The van der Waals surface area contributed by atoms with Crippen LogP contribution in [0.25, 0.3) is 0 Å². The molecule has 6 bridgehead atoms. The fraction of sp³-hybridized carbons (Fsp3) is 0.833. The van der Waals surface area contributed by atoms with Gasteiger partial charge in [0.25, 0.3) is 0 Å². The first-order chi connectivity index (χ1) is 5.93. The monoisotopic (exact) mass is 158 g/mol. The fourth-order valence-corrected chi connectivity index (χ4v) is 5.94. The Morgan fingerprint density at radius 1 is 1.42 bits per heavy atom. The summed E-state index contributed by atoms with van der Waals surface area (Å²) in [6.45, 7) is 0. The molecule has 0 radical (unpaired) electrons. The van der Waals surface area contributed by atoms with Crippen LogP contribution in [0, 0.1) is 35.0 Å². The minimum Gasteiger partial charge on any atom is -0.0810 e. The SMILES string of the molecule is C1=C2CCCC23C2CC4C(C12)C43. The van der Waals surface area contributed by atoms with E-state index in [-0.39, 0.29) is 0 Å². The van der Waals surface area contributed by atoms with Gasteiger partial charge in [0.1, 0.15) is 0 Å². The van der Waals surface area contributed by atoms with Crippen LogP contribution in [0.1, 0.15) is 25.7 Å². The molecule has 6 unspecified atom stereocenters. The lowest BCUT2D eigenvalue weighted by Gasteiger charge is -2.27. The van der Waals surface area contributed by atoms with E-state index in [1.165, 1.54) is 30.6 Å². The van der Waals surface area contributed by atoms with Crippen molar-refractivity contribution in [3.63, 3.8) is 0 Å². The summed E-state index contributed by atoms with van der Waals surface area (Å²) in [5, 5.41) is 0. The van der Waals surface area contributed by atoms with Gasteiger partial charge in [-0.15, -0.1) is 0 Å². The number of allylic oxidation sites excluding steroid dienone is 2. The smallest absolute Gasteiger partial charge is 0.00199 e. The van der Waals surface area contributed by atoms with Crippen LogP contribution in [0.3, 0.4) is 0 Å². The first-order valence-corrected chi connectivity index (χ1v) is 5.64. The molecule has 0 heterocycles. The van der Waals surface area contributed by atoms with E-state index in [1.54, 1.807) is 12.8 Å². The summed E-state index contributed by atoms with van der Waals surface area (Å²) in [6, 6.07) is 0. The van der Waals surface area contributed by atoms with Crippen molar-refractivity contribution in [2.45, 2.75) is 25.7 Å². The van der Waals surface area contributed by atoms with Crippen molar-refractivity contribution < 1.29 is 0 Å². The number of rotatable bonds is 0. The van der Waals surface area contributed by atoms with Crippen molar-refractivity contribution in [3.8, 4) is 0 Å². The Balaban J connectivity index is 1.89. The van der Waals surface area contributed by atoms with Crippen molar-refractivity contribution in [1.82, 2.24) is 0 Å². The zero-order chi connectivity index (χ0) is 7.50. The summed E-state index contributed by atoms with van der Waals surface area (Å²) in [6.07, 6.45) is 8.91. The van der Waals surface area contributed by atoms with E-state index >= 15 is 0 Å². The molecule has 0 aliphatic heterocycles. The molecule has 0 N–H and O–H groups in total. The zero-order valence-corrected chi connectivity index (χ0v) is 7.29. The molecule has 5 saturated carbocycles. The van der Waals surface area contributed by atoms with Gasteiger partial charge in [-0.25, -0.2) is 0 Å². The molecule has 6 aliphatic rings. The molecule has 6 atom stereocenters. The summed E-state index contributed by atoms with van der Waals surface area (Å²) >= 11 is 0. The Morgan fingerprint density at radius 2 is 2.42 bits per heavy atom. The summed E-state index contributed by atoms with van der Waals surface area (Å²) in [5.41, 5.74) is 2.78. The lowest BCUT2D eigenvalue weighted by molar-refractivity contribution is 0.277. The standard InChI is InChI=1S/C12H14/c1-2-6-4-7-9-5-8-10(7)11(8)12(6,9)3-1/h4,7-11H,1-3,5H2. The van der Waals surface area contributed by atoms with Gasteiger partial charge < -0.3 is 0 Å². The molecule has 0 nitrogen and oxygen atoms in total. The molecule has 0 aromatic heterocycles. The molecule has 0 heteroatoms. The van der Waals surface area contributed by atoms with E-state index in [0.29, 0.717) is 0 Å².